The van der Waals surface area contributed by atoms with Gasteiger partial charge in [0.1, 0.15) is 0 Å². The average Bonchev–Trinajstić information content (AvgIpc) is 3.13. The van der Waals surface area contributed by atoms with E-state index in [9.17, 15) is 4.79 Å². The van der Waals surface area contributed by atoms with Gasteiger partial charge in [-0.1, -0.05) is 6.92 Å². The first-order valence-electron chi connectivity index (χ1n) is 7.29. The molecule has 2 aliphatic rings. The third-order valence-electron chi connectivity index (χ3n) is 4.06. The molecule has 0 spiro atoms. The number of methoxy groups -OCH3 is 1. The van der Waals surface area contributed by atoms with Crippen LogP contribution in [0.3, 0.4) is 0 Å². The number of carbonyl (C=O) groups excluding carboxylic acids is 1. The highest BCUT2D eigenvalue weighted by atomic mass is 16.5. The Labute approximate surface area is 115 Å². The molecule has 1 saturated carbocycles. The van der Waals surface area contributed by atoms with Crippen molar-refractivity contribution in [3.05, 3.63) is 0 Å². The molecule has 19 heavy (non-hydrogen) atoms. The van der Waals surface area contributed by atoms with Gasteiger partial charge in [0.05, 0.1) is 13.0 Å². The minimum absolute atomic E-state index is 0.0592. The van der Waals surface area contributed by atoms with Crippen molar-refractivity contribution in [2.75, 3.05) is 26.7 Å². The van der Waals surface area contributed by atoms with Crippen LogP contribution in [-0.4, -0.2) is 49.6 Å². The molecule has 2 atom stereocenters. The van der Waals surface area contributed by atoms with Crippen LogP contribution in [0.5, 0.6) is 0 Å². The number of esters is 1. The van der Waals surface area contributed by atoms with E-state index < -0.39 is 0 Å². The van der Waals surface area contributed by atoms with E-state index in [-0.39, 0.29) is 11.9 Å². The number of hydrogen-bond acceptors (Lipinski definition) is 3. The van der Waals surface area contributed by atoms with Gasteiger partial charge in [0, 0.05) is 25.7 Å². The zero-order valence-electron chi connectivity index (χ0n) is 12.2. The van der Waals surface area contributed by atoms with Crippen LogP contribution in [0.15, 0.2) is 4.99 Å². The highest BCUT2D eigenvalue weighted by Crippen LogP contribution is 2.29. The number of ether oxygens (including phenoxy) is 1. The lowest BCUT2D eigenvalue weighted by Gasteiger charge is -2.33. The summed E-state index contributed by atoms with van der Waals surface area (Å²) in [6.45, 7) is 6.86. The molecule has 5 nitrogen and oxygen atoms in total. The molecule has 1 aliphatic heterocycles. The van der Waals surface area contributed by atoms with Crippen LogP contribution in [0, 0.1) is 11.8 Å². The van der Waals surface area contributed by atoms with Crippen LogP contribution in [0.2, 0.25) is 0 Å². The second kappa shape index (κ2) is 6.26. The van der Waals surface area contributed by atoms with Gasteiger partial charge in [-0.15, -0.1) is 0 Å². The minimum atomic E-state index is -0.0718. The normalized spacial score (nSPS) is 28.2. The van der Waals surface area contributed by atoms with Crippen molar-refractivity contribution < 1.29 is 9.53 Å². The van der Waals surface area contributed by atoms with E-state index in [4.69, 9.17) is 4.74 Å². The van der Waals surface area contributed by atoms with Gasteiger partial charge in [0.15, 0.2) is 5.96 Å². The molecule has 0 aromatic rings. The lowest BCUT2D eigenvalue weighted by atomic mass is 9.97. The van der Waals surface area contributed by atoms with Crippen LogP contribution in [0.4, 0.5) is 0 Å². The van der Waals surface area contributed by atoms with Gasteiger partial charge in [-0.05, 0) is 32.1 Å². The van der Waals surface area contributed by atoms with Crippen LogP contribution >= 0.6 is 0 Å². The zero-order chi connectivity index (χ0) is 13.8. The van der Waals surface area contributed by atoms with E-state index in [2.05, 4.69) is 29.1 Å². The molecule has 1 N–H and O–H groups in total. The van der Waals surface area contributed by atoms with Crippen LogP contribution < -0.4 is 5.32 Å². The molecule has 0 radical (unpaired) electrons. The fraction of sp³-hybridized carbons (Fsp3) is 0.857. The Bertz CT molecular complexity index is 349. The third kappa shape index (κ3) is 3.61. The summed E-state index contributed by atoms with van der Waals surface area (Å²) >= 11 is 0. The summed E-state index contributed by atoms with van der Waals surface area (Å²) in [5, 5.41) is 3.53. The molecule has 0 amide bonds. The van der Waals surface area contributed by atoms with Crippen molar-refractivity contribution in [3.63, 3.8) is 0 Å². The van der Waals surface area contributed by atoms with Crippen LogP contribution in [-0.2, 0) is 9.53 Å². The standard InChI is InChI=1S/C14H25N3O2/c1-4-15-14(16-12-9-10(12)2)17-7-5-11(6-8-17)13(18)19-3/h10-12H,4-9H2,1-3H3,(H,15,16). The van der Waals surface area contributed by atoms with Crippen molar-refractivity contribution in [2.24, 2.45) is 16.8 Å². The molecule has 1 saturated heterocycles. The quantitative estimate of drug-likeness (QED) is 0.475. The molecule has 1 aliphatic carbocycles. The van der Waals surface area contributed by atoms with Crippen LogP contribution in [0.25, 0.3) is 0 Å². The molecule has 2 unspecified atom stereocenters. The number of nitrogens with zero attached hydrogens (tertiary/aromatic N) is 2. The number of aliphatic imine (C=N–C) groups is 1. The van der Waals surface area contributed by atoms with E-state index in [0.29, 0.717) is 6.04 Å². The van der Waals surface area contributed by atoms with E-state index in [1.165, 1.54) is 13.5 Å². The maximum absolute atomic E-state index is 11.5. The van der Waals surface area contributed by atoms with Crippen molar-refractivity contribution in [3.8, 4) is 0 Å². The number of rotatable bonds is 3. The number of guanidine groups is 1. The maximum atomic E-state index is 11.5. The van der Waals surface area contributed by atoms with Crippen LogP contribution in [0.1, 0.15) is 33.1 Å². The van der Waals surface area contributed by atoms with Crippen molar-refractivity contribution in [2.45, 2.75) is 39.2 Å². The lowest BCUT2D eigenvalue weighted by Crippen LogP contribution is -2.47. The molecule has 0 aromatic carbocycles. The molecule has 0 aromatic heterocycles. The second-order valence-corrected chi connectivity index (χ2v) is 5.55. The summed E-state index contributed by atoms with van der Waals surface area (Å²) in [6.07, 6.45) is 2.95. The maximum Gasteiger partial charge on any atom is 0.308 e. The van der Waals surface area contributed by atoms with E-state index in [0.717, 1.165) is 44.4 Å². The molecular weight excluding hydrogens is 242 g/mol. The minimum Gasteiger partial charge on any atom is -0.469 e. The first-order valence-corrected chi connectivity index (χ1v) is 7.29. The van der Waals surface area contributed by atoms with Gasteiger partial charge in [-0.25, -0.2) is 0 Å². The molecule has 1 heterocycles. The van der Waals surface area contributed by atoms with Gasteiger partial charge in [0.2, 0.25) is 0 Å². The fourth-order valence-corrected chi connectivity index (χ4v) is 2.57. The lowest BCUT2D eigenvalue weighted by molar-refractivity contribution is -0.146. The van der Waals surface area contributed by atoms with Crippen molar-refractivity contribution in [1.29, 1.82) is 0 Å². The number of nitrogens with one attached hydrogen (secondary N) is 1. The molecule has 2 rings (SSSR count). The Hall–Kier alpha value is -1.26. The van der Waals surface area contributed by atoms with Crippen molar-refractivity contribution >= 4 is 11.9 Å². The largest absolute Gasteiger partial charge is 0.469 e. The number of likely N-dealkylation sites (tertiary alicyclic amines) is 1. The van der Waals surface area contributed by atoms with E-state index in [1.807, 2.05) is 0 Å². The zero-order valence-corrected chi connectivity index (χ0v) is 12.2. The van der Waals surface area contributed by atoms with E-state index in [1.54, 1.807) is 0 Å². The summed E-state index contributed by atoms with van der Waals surface area (Å²) in [5.41, 5.74) is 0. The first kappa shape index (κ1) is 14.2. The molecular formula is C14H25N3O2. The van der Waals surface area contributed by atoms with E-state index >= 15 is 0 Å². The monoisotopic (exact) mass is 267 g/mol. The topological polar surface area (TPSA) is 53.9 Å². The summed E-state index contributed by atoms with van der Waals surface area (Å²) in [7, 11) is 1.47. The molecule has 2 fully saturated rings. The van der Waals surface area contributed by atoms with Gasteiger partial charge >= 0.3 is 5.97 Å². The van der Waals surface area contributed by atoms with Gasteiger partial charge in [0.25, 0.3) is 0 Å². The second-order valence-electron chi connectivity index (χ2n) is 5.55. The smallest absolute Gasteiger partial charge is 0.308 e. The molecule has 5 heteroatoms. The number of piperidine rings is 1. The SMILES string of the molecule is CCN=C(NC1CC1C)N1CCC(C(=O)OC)CC1. The van der Waals surface area contributed by atoms with Gasteiger partial charge < -0.3 is 15.0 Å². The molecule has 108 valence electrons. The third-order valence-corrected chi connectivity index (χ3v) is 4.06. The van der Waals surface area contributed by atoms with Gasteiger partial charge in [-0.3, -0.25) is 9.79 Å². The van der Waals surface area contributed by atoms with Crippen molar-refractivity contribution in [1.82, 2.24) is 10.2 Å². The highest BCUT2D eigenvalue weighted by Gasteiger charge is 2.35. The predicted octanol–water partition coefficient (Wildman–Crippen LogP) is 1.25. The Morgan fingerprint density at radius 2 is 2.05 bits per heavy atom. The first-order chi connectivity index (χ1) is 9.15. The number of hydrogen-bond donors (Lipinski definition) is 1. The Balaban J connectivity index is 1.86. The average molecular weight is 267 g/mol. The fourth-order valence-electron chi connectivity index (χ4n) is 2.57. The number of carbonyl (C=O) groups is 1. The Morgan fingerprint density at radius 1 is 1.42 bits per heavy atom. The Morgan fingerprint density at radius 3 is 2.53 bits per heavy atom. The Kier molecular flexibility index (Phi) is 4.66. The summed E-state index contributed by atoms with van der Waals surface area (Å²) < 4.78 is 4.82. The summed E-state index contributed by atoms with van der Waals surface area (Å²) in [6, 6.07) is 0.587. The van der Waals surface area contributed by atoms with Gasteiger partial charge in [-0.2, -0.15) is 0 Å². The summed E-state index contributed by atoms with van der Waals surface area (Å²) in [5.74, 6) is 1.76. The predicted molar refractivity (Wildman–Crippen MR) is 75.0 cm³/mol. The highest BCUT2D eigenvalue weighted by molar-refractivity contribution is 5.81. The molecule has 0 bridgehead atoms. The summed E-state index contributed by atoms with van der Waals surface area (Å²) in [4.78, 5) is 18.4.